The molecule has 0 radical (unpaired) electrons. The molecule has 9 nitrogen and oxygen atoms in total. The number of methoxy groups -OCH3 is 1. The van der Waals surface area contributed by atoms with Gasteiger partial charge < -0.3 is 19.3 Å². The van der Waals surface area contributed by atoms with Gasteiger partial charge in [-0.2, -0.15) is 0 Å². The molecule has 264 valence electrons. The first-order chi connectivity index (χ1) is 23.5. The number of hydrogen-bond acceptors (Lipinski definition) is 6. The zero-order chi connectivity index (χ0) is 34.5. The highest BCUT2D eigenvalue weighted by Crippen LogP contribution is 2.47. The van der Waals surface area contributed by atoms with Gasteiger partial charge in [0.25, 0.3) is 5.91 Å². The van der Waals surface area contributed by atoms with Gasteiger partial charge >= 0.3 is 6.03 Å². The van der Waals surface area contributed by atoms with Gasteiger partial charge in [0.05, 0.1) is 24.2 Å². The summed E-state index contributed by atoms with van der Waals surface area (Å²) in [6, 6.07) is 11.2. The van der Waals surface area contributed by atoms with Crippen LogP contribution in [0.2, 0.25) is 5.02 Å². The zero-order valence-corrected chi connectivity index (χ0v) is 30.6. The standard InChI is InChI=1S/C38H49ClN4O5S/c1-24-18-42(19-24)37(45)41-49(46)21-26(3)25(2)7-13-34(47-4)31-11-8-29(31)20-43-22-38(15-5-6-27-16-30(39)10-12-32(27)38)23-48-35-14-9-28(17-33(35)43)36(44)40-49/h7,9-10,12-14,16-17,24-26,29,31,34H,5-6,8,11,15,18-23H2,1-4H3,(H,40,41,44,45,46)/b13-7+/t25-,26+,29-,31+,34-,38-,49?/m0/s1. The molecule has 11 heteroatoms. The van der Waals surface area contributed by atoms with Crippen LogP contribution in [-0.4, -0.2) is 72.8 Å². The predicted octanol–water partition coefficient (Wildman–Crippen LogP) is 6.88. The number of amides is 3. The SMILES string of the molecule is CO[C@H]1/C=C/[C@H](C)[C@H](C)CS(=O)(NC(=O)N2CC(C)C2)=NC(=O)c2ccc3c(c2)N(C[C@@H]2CC[C@H]21)C[C@@]1(CCCc2cc(Cl)ccc21)CO3. The van der Waals surface area contributed by atoms with Crippen molar-refractivity contribution in [1.82, 2.24) is 9.62 Å². The van der Waals surface area contributed by atoms with Crippen molar-refractivity contribution < 1.29 is 23.3 Å². The van der Waals surface area contributed by atoms with E-state index in [1.807, 2.05) is 25.1 Å². The number of rotatable bonds is 2. The van der Waals surface area contributed by atoms with E-state index in [0.717, 1.165) is 61.7 Å². The summed E-state index contributed by atoms with van der Waals surface area (Å²) in [5.41, 5.74) is 3.48. The number of fused-ring (bicyclic) bond motifs is 4. The highest BCUT2D eigenvalue weighted by Gasteiger charge is 2.44. The Labute approximate surface area is 296 Å². The quantitative estimate of drug-likeness (QED) is 0.342. The molecule has 0 aromatic heterocycles. The topological polar surface area (TPSA) is 101 Å². The van der Waals surface area contributed by atoms with E-state index in [9.17, 15) is 13.8 Å². The smallest absolute Gasteiger partial charge is 0.329 e. The van der Waals surface area contributed by atoms with Gasteiger partial charge in [-0.25, -0.2) is 9.00 Å². The summed E-state index contributed by atoms with van der Waals surface area (Å²) in [6.07, 6.45) is 9.44. The molecule has 49 heavy (non-hydrogen) atoms. The summed E-state index contributed by atoms with van der Waals surface area (Å²) in [4.78, 5) is 31.1. The summed E-state index contributed by atoms with van der Waals surface area (Å²) in [7, 11) is -1.67. The van der Waals surface area contributed by atoms with Crippen LogP contribution >= 0.6 is 11.6 Å². The monoisotopic (exact) mass is 708 g/mol. The number of benzene rings is 2. The highest BCUT2D eigenvalue weighted by atomic mass is 35.5. The number of aryl methyl sites for hydroxylation is 1. The normalized spacial score (nSPS) is 33.9. The van der Waals surface area contributed by atoms with Crippen molar-refractivity contribution in [2.75, 3.05) is 50.5 Å². The van der Waals surface area contributed by atoms with Crippen molar-refractivity contribution in [1.29, 1.82) is 0 Å². The maximum Gasteiger partial charge on any atom is 0.329 e. The fourth-order valence-electron chi connectivity index (χ4n) is 8.52. The van der Waals surface area contributed by atoms with Crippen LogP contribution in [0.5, 0.6) is 5.75 Å². The molecule has 1 unspecified atom stereocenters. The largest absolute Gasteiger partial charge is 0.490 e. The molecule has 2 aromatic carbocycles. The molecule has 7 atom stereocenters. The number of ether oxygens (including phenoxy) is 2. The third kappa shape index (κ3) is 6.85. The molecule has 1 saturated heterocycles. The van der Waals surface area contributed by atoms with Crippen LogP contribution in [0, 0.1) is 29.6 Å². The van der Waals surface area contributed by atoms with E-state index in [-0.39, 0.29) is 29.1 Å². The Kier molecular flexibility index (Phi) is 9.52. The summed E-state index contributed by atoms with van der Waals surface area (Å²) in [5.74, 6) is 1.19. The van der Waals surface area contributed by atoms with E-state index in [1.54, 1.807) is 18.1 Å². The van der Waals surface area contributed by atoms with Gasteiger partial charge in [0.1, 0.15) is 15.7 Å². The van der Waals surface area contributed by atoms with E-state index in [2.05, 4.69) is 52.1 Å². The van der Waals surface area contributed by atoms with E-state index in [0.29, 0.717) is 43.0 Å². The van der Waals surface area contributed by atoms with Gasteiger partial charge in [-0.05, 0) is 103 Å². The minimum absolute atomic E-state index is 0.0181. The summed E-state index contributed by atoms with van der Waals surface area (Å²) >= 11 is 6.46. The Hall–Kier alpha value is -3.08. The minimum Gasteiger partial charge on any atom is -0.490 e. The van der Waals surface area contributed by atoms with Gasteiger partial charge in [0.2, 0.25) is 0 Å². The molecular weight excluding hydrogens is 660 g/mol. The maximum absolute atomic E-state index is 14.5. The lowest BCUT2D eigenvalue weighted by atomic mass is 9.68. The molecule has 3 heterocycles. The number of nitrogens with zero attached hydrogens (tertiary/aromatic N) is 3. The first-order valence-electron chi connectivity index (χ1n) is 17.8. The molecule has 1 N–H and O–H groups in total. The molecule has 7 rings (SSSR count). The molecule has 2 aromatic rings. The Bertz CT molecular complexity index is 1770. The summed E-state index contributed by atoms with van der Waals surface area (Å²) in [6.45, 7) is 9.35. The third-order valence-electron chi connectivity index (χ3n) is 11.7. The van der Waals surface area contributed by atoms with Crippen LogP contribution in [0.3, 0.4) is 0 Å². The second-order valence-electron chi connectivity index (χ2n) is 15.3. The highest BCUT2D eigenvalue weighted by molar-refractivity contribution is 7.92. The Morgan fingerprint density at radius 2 is 1.92 bits per heavy atom. The van der Waals surface area contributed by atoms with E-state index in [4.69, 9.17) is 21.1 Å². The number of hydrogen-bond donors (Lipinski definition) is 1. The van der Waals surface area contributed by atoms with Crippen molar-refractivity contribution in [2.24, 2.45) is 34.0 Å². The molecule has 2 aliphatic carbocycles. The van der Waals surface area contributed by atoms with Crippen LogP contribution < -0.4 is 14.4 Å². The molecule has 3 amide bonds. The van der Waals surface area contributed by atoms with Crippen molar-refractivity contribution >= 4 is 39.1 Å². The van der Waals surface area contributed by atoms with Gasteiger partial charge in [0, 0.05) is 49.3 Å². The second kappa shape index (κ2) is 13.6. The van der Waals surface area contributed by atoms with Gasteiger partial charge in [0.15, 0.2) is 0 Å². The zero-order valence-electron chi connectivity index (χ0n) is 29.0. The Morgan fingerprint density at radius 1 is 1.10 bits per heavy atom. The van der Waals surface area contributed by atoms with Gasteiger partial charge in [-0.1, -0.05) is 50.6 Å². The van der Waals surface area contributed by atoms with Crippen LogP contribution in [0.15, 0.2) is 52.9 Å². The van der Waals surface area contributed by atoms with Gasteiger partial charge in [-0.15, -0.1) is 4.36 Å². The van der Waals surface area contributed by atoms with E-state index >= 15 is 0 Å². The molecule has 1 saturated carbocycles. The Morgan fingerprint density at radius 3 is 2.65 bits per heavy atom. The van der Waals surface area contributed by atoms with Crippen LogP contribution in [-0.2, 0) is 26.5 Å². The predicted molar refractivity (Wildman–Crippen MR) is 194 cm³/mol. The molecular formula is C38H49ClN4O5S. The number of urea groups is 1. The van der Waals surface area contributed by atoms with E-state index in [1.165, 1.54) is 11.1 Å². The fourth-order valence-corrected chi connectivity index (χ4v) is 10.7. The van der Waals surface area contributed by atoms with Crippen molar-refractivity contribution in [3.8, 4) is 5.75 Å². The molecule has 5 aliphatic rings. The molecule has 3 aliphatic heterocycles. The van der Waals surface area contributed by atoms with Crippen LogP contribution in [0.1, 0.15) is 67.9 Å². The van der Waals surface area contributed by atoms with Crippen molar-refractivity contribution in [3.05, 3.63) is 70.3 Å². The lowest BCUT2D eigenvalue weighted by Crippen LogP contribution is -2.54. The number of likely N-dealkylation sites (tertiary alicyclic amines) is 1. The van der Waals surface area contributed by atoms with Crippen molar-refractivity contribution in [2.45, 2.75) is 64.4 Å². The number of halogens is 1. The van der Waals surface area contributed by atoms with Crippen LogP contribution in [0.25, 0.3) is 0 Å². The number of nitrogens with one attached hydrogen (secondary N) is 1. The fraction of sp³-hybridized carbons (Fsp3) is 0.579. The van der Waals surface area contributed by atoms with E-state index < -0.39 is 21.9 Å². The maximum atomic E-state index is 14.5. The number of carbonyl (C=O) groups excluding carboxylic acids is 2. The average Bonchev–Trinajstić information content (AvgIpc) is 3.19. The van der Waals surface area contributed by atoms with Gasteiger partial charge in [-0.3, -0.25) is 9.52 Å². The second-order valence-corrected chi connectivity index (χ2v) is 17.8. The van der Waals surface area contributed by atoms with Crippen LogP contribution in [0.4, 0.5) is 10.5 Å². The minimum atomic E-state index is -3.45. The third-order valence-corrected chi connectivity index (χ3v) is 13.9. The lowest BCUT2D eigenvalue weighted by Gasteiger charge is -2.46. The average molecular weight is 709 g/mol. The summed E-state index contributed by atoms with van der Waals surface area (Å²) in [5, 5.41) is 0.748. The van der Waals surface area contributed by atoms with Crippen molar-refractivity contribution in [3.63, 3.8) is 0 Å². The lowest BCUT2D eigenvalue weighted by molar-refractivity contribution is 0.0130. The number of allylic oxidation sites excluding steroid dienone is 1. The first-order valence-corrected chi connectivity index (χ1v) is 19.9. The molecule has 1 spiro atoms. The number of anilines is 1. The number of carbonyl (C=O) groups is 2. The summed E-state index contributed by atoms with van der Waals surface area (Å²) < 4.78 is 34.3. The molecule has 2 fully saturated rings. The molecule has 2 bridgehead atoms. The Balaban J connectivity index is 1.30. The first kappa shape index (κ1) is 34.4.